The van der Waals surface area contributed by atoms with Crippen molar-refractivity contribution in [1.29, 1.82) is 0 Å². The molecule has 0 aromatic heterocycles. The van der Waals surface area contributed by atoms with Crippen molar-refractivity contribution < 1.29 is 9.47 Å². The van der Waals surface area contributed by atoms with E-state index in [2.05, 4.69) is 5.32 Å². The van der Waals surface area contributed by atoms with Gasteiger partial charge in [-0.25, -0.2) is 0 Å². The molecule has 2 rings (SSSR count). The van der Waals surface area contributed by atoms with Gasteiger partial charge in [0.05, 0.1) is 12.3 Å². The molecule has 116 valence electrons. The lowest BCUT2D eigenvalue weighted by atomic mass is 10.1. The first-order chi connectivity index (χ1) is 10.1. The van der Waals surface area contributed by atoms with Crippen molar-refractivity contribution in [2.45, 2.75) is 38.5 Å². The van der Waals surface area contributed by atoms with Crippen molar-refractivity contribution in [2.75, 3.05) is 18.5 Å². The molecular formula is C16H25N3O2. The van der Waals surface area contributed by atoms with Gasteiger partial charge in [-0.1, -0.05) is 12.1 Å². The van der Waals surface area contributed by atoms with Gasteiger partial charge in [0.2, 0.25) is 0 Å². The molecule has 1 aromatic rings. The van der Waals surface area contributed by atoms with Gasteiger partial charge >= 0.3 is 0 Å². The van der Waals surface area contributed by atoms with Crippen LogP contribution in [-0.2, 0) is 9.47 Å². The van der Waals surface area contributed by atoms with Gasteiger partial charge in [0, 0.05) is 24.5 Å². The maximum absolute atomic E-state index is 5.91. The Balaban J connectivity index is 1.76. The summed E-state index contributed by atoms with van der Waals surface area (Å²) in [4.78, 5) is 0. The normalized spacial score (nSPS) is 21.0. The molecule has 2 unspecified atom stereocenters. The molecule has 0 bridgehead atoms. The van der Waals surface area contributed by atoms with Crippen LogP contribution in [0.3, 0.4) is 0 Å². The summed E-state index contributed by atoms with van der Waals surface area (Å²) in [5.41, 5.74) is 14.4. The largest absolute Gasteiger partial charge is 0.399 e. The lowest BCUT2D eigenvalue weighted by molar-refractivity contribution is -0.157. The van der Waals surface area contributed by atoms with Gasteiger partial charge in [-0.05, 0) is 43.9 Å². The second-order valence-corrected chi connectivity index (χ2v) is 5.38. The molecule has 0 spiro atoms. The fourth-order valence-corrected chi connectivity index (χ4v) is 2.13. The number of nitrogens with two attached hydrogens (primary N) is 2. The Morgan fingerprint density at radius 3 is 2.81 bits per heavy atom. The zero-order valence-electron chi connectivity index (χ0n) is 12.5. The van der Waals surface area contributed by atoms with Gasteiger partial charge in [0.15, 0.2) is 6.29 Å². The summed E-state index contributed by atoms with van der Waals surface area (Å²) in [6.07, 6.45) is 4.85. The summed E-state index contributed by atoms with van der Waals surface area (Å²) in [6.45, 7) is 3.11. The molecule has 1 heterocycles. The van der Waals surface area contributed by atoms with E-state index in [1.807, 2.05) is 31.2 Å². The van der Waals surface area contributed by atoms with Crippen molar-refractivity contribution in [3.05, 3.63) is 41.7 Å². The highest BCUT2D eigenvalue weighted by Gasteiger charge is 2.13. The van der Waals surface area contributed by atoms with Crippen LogP contribution in [-0.4, -0.2) is 19.5 Å². The first kappa shape index (κ1) is 15.8. The van der Waals surface area contributed by atoms with Crippen LogP contribution >= 0.6 is 0 Å². The third-order valence-electron chi connectivity index (χ3n) is 3.43. The predicted molar refractivity (Wildman–Crippen MR) is 84.5 cm³/mol. The molecule has 5 nitrogen and oxygen atoms in total. The van der Waals surface area contributed by atoms with Crippen LogP contribution in [0, 0.1) is 0 Å². The summed E-state index contributed by atoms with van der Waals surface area (Å²) in [6, 6.07) is 8.01. The van der Waals surface area contributed by atoms with E-state index >= 15 is 0 Å². The molecule has 1 aliphatic rings. The Hall–Kier alpha value is -1.56. The van der Waals surface area contributed by atoms with Gasteiger partial charge in [0.1, 0.15) is 0 Å². The average Bonchev–Trinajstić information content (AvgIpc) is 2.52. The van der Waals surface area contributed by atoms with Crippen LogP contribution in [0.5, 0.6) is 0 Å². The van der Waals surface area contributed by atoms with E-state index in [0.29, 0.717) is 12.3 Å². The number of hydrogen-bond donors (Lipinski definition) is 3. The van der Waals surface area contributed by atoms with Crippen LogP contribution < -0.4 is 16.8 Å². The fraction of sp³-hybridized carbons (Fsp3) is 0.500. The first-order valence-corrected chi connectivity index (χ1v) is 7.45. The van der Waals surface area contributed by atoms with E-state index in [9.17, 15) is 0 Å². The number of nitrogens with one attached hydrogen (secondary N) is 1. The molecule has 1 aromatic carbocycles. The van der Waals surface area contributed by atoms with E-state index in [-0.39, 0.29) is 12.3 Å². The van der Waals surface area contributed by atoms with Crippen molar-refractivity contribution in [2.24, 2.45) is 11.5 Å². The monoisotopic (exact) mass is 291 g/mol. The molecule has 5 heteroatoms. The van der Waals surface area contributed by atoms with Crippen LogP contribution in [0.15, 0.2) is 36.2 Å². The molecular weight excluding hydrogens is 266 g/mol. The third kappa shape index (κ3) is 5.38. The molecule has 1 saturated heterocycles. The van der Waals surface area contributed by atoms with Crippen LogP contribution in [0.2, 0.25) is 0 Å². The van der Waals surface area contributed by atoms with Crippen molar-refractivity contribution in [3.63, 3.8) is 0 Å². The summed E-state index contributed by atoms with van der Waals surface area (Å²) < 4.78 is 11.1. The molecule has 1 fully saturated rings. The van der Waals surface area contributed by atoms with Crippen molar-refractivity contribution in [3.8, 4) is 0 Å². The molecule has 0 amide bonds. The second-order valence-electron chi connectivity index (χ2n) is 5.38. The highest BCUT2D eigenvalue weighted by molar-refractivity contribution is 5.47. The Morgan fingerprint density at radius 2 is 2.19 bits per heavy atom. The van der Waals surface area contributed by atoms with Crippen LogP contribution in [0.25, 0.3) is 0 Å². The van der Waals surface area contributed by atoms with E-state index < -0.39 is 0 Å². The molecule has 2 atom stereocenters. The van der Waals surface area contributed by atoms with E-state index in [0.717, 1.165) is 37.1 Å². The van der Waals surface area contributed by atoms with Gasteiger partial charge in [0.25, 0.3) is 0 Å². The van der Waals surface area contributed by atoms with Gasteiger partial charge in [-0.2, -0.15) is 0 Å². The molecule has 0 aliphatic carbocycles. The van der Waals surface area contributed by atoms with E-state index in [4.69, 9.17) is 20.9 Å². The first-order valence-electron chi connectivity index (χ1n) is 7.45. The fourth-order valence-electron chi connectivity index (χ4n) is 2.13. The lowest BCUT2D eigenvalue weighted by Crippen LogP contribution is -2.24. The van der Waals surface area contributed by atoms with E-state index in [1.165, 1.54) is 0 Å². The Bertz CT molecular complexity index is 451. The van der Waals surface area contributed by atoms with Gasteiger partial charge in [-0.3, -0.25) is 0 Å². The predicted octanol–water partition coefficient (Wildman–Crippen LogP) is 2.46. The van der Waals surface area contributed by atoms with E-state index in [1.54, 1.807) is 6.20 Å². The lowest BCUT2D eigenvalue weighted by Gasteiger charge is -2.22. The number of hydrogen-bond acceptors (Lipinski definition) is 5. The SMILES string of the molecule is CC(N)c1ccc(N/C=C(\N)COC2CCCCO2)cc1. The molecule has 1 aliphatic heterocycles. The second kappa shape index (κ2) is 8.02. The van der Waals surface area contributed by atoms with Crippen molar-refractivity contribution in [1.82, 2.24) is 0 Å². The maximum Gasteiger partial charge on any atom is 0.158 e. The number of anilines is 1. The minimum absolute atomic E-state index is 0.0450. The Morgan fingerprint density at radius 1 is 1.43 bits per heavy atom. The number of benzene rings is 1. The highest BCUT2D eigenvalue weighted by Crippen LogP contribution is 2.15. The highest BCUT2D eigenvalue weighted by atomic mass is 16.7. The quantitative estimate of drug-likeness (QED) is 0.750. The number of rotatable bonds is 6. The summed E-state index contributed by atoms with van der Waals surface area (Å²) in [5.74, 6) is 0. The third-order valence-corrected chi connectivity index (χ3v) is 3.43. The standard InChI is InChI=1S/C16H25N3O2/c1-12(17)13-5-7-15(8-6-13)19-10-14(18)11-21-16-4-2-3-9-20-16/h5-8,10,12,16,19H,2-4,9,11,17-18H2,1H3/b14-10-. The Kier molecular flexibility index (Phi) is 6.04. The topological polar surface area (TPSA) is 82.5 Å². The minimum Gasteiger partial charge on any atom is -0.399 e. The smallest absolute Gasteiger partial charge is 0.158 e. The Labute approximate surface area is 126 Å². The molecule has 21 heavy (non-hydrogen) atoms. The van der Waals surface area contributed by atoms with Crippen molar-refractivity contribution >= 4 is 5.69 Å². The molecule has 5 N–H and O–H groups in total. The molecule has 0 saturated carbocycles. The summed E-state index contributed by atoms with van der Waals surface area (Å²) in [7, 11) is 0. The average molecular weight is 291 g/mol. The summed E-state index contributed by atoms with van der Waals surface area (Å²) >= 11 is 0. The van der Waals surface area contributed by atoms with Crippen LogP contribution in [0.1, 0.15) is 37.8 Å². The number of ether oxygens (including phenoxy) is 2. The van der Waals surface area contributed by atoms with Gasteiger partial charge < -0.3 is 26.3 Å². The zero-order chi connectivity index (χ0) is 15.1. The minimum atomic E-state index is -0.115. The van der Waals surface area contributed by atoms with Crippen LogP contribution in [0.4, 0.5) is 5.69 Å². The molecule has 0 radical (unpaired) electrons. The summed E-state index contributed by atoms with van der Waals surface area (Å²) in [5, 5.41) is 3.15. The van der Waals surface area contributed by atoms with Gasteiger partial charge in [-0.15, -0.1) is 0 Å². The maximum atomic E-state index is 5.91. The zero-order valence-corrected chi connectivity index (χ0v) is 12.5.